The van der Waals surface area contributed by atoms with Crippen molar-refractivity contribution in [3.63, 3.8) is 0 Å². The van der Waals surface area contributed by atoms with E-state index in [-0.39, 0.29) is 201 Å². The summed E-state index contributed by atoms with van der Waals surface area (Å²) in [6.07, 6.45) is 5.03. The number of sulfonamides is 1. The molecular formula is C68H87Cl3N11O23S7-3. The first kappa shape index (κ1) is 92.8. The minimum Gasteiger partial charge on any atom is -0.755 e. The van der Waals surface area contributed by atoms with Crippen LogP contribution < -0.4 is 52.0 Å². The van der Waals surface area contributed by atoms with Crippen LogP contribution in [0, 0.1) is 10.8 Å². The van der Waals surface area contributed by atoms with Crippen molar-refractivity contribution in [2.75, 3.05) is 94.8 Å². The summed E-state index contributed by atoms with van der Waals surface area (Å²) in [6, 6.07) is 3.15. The van der Waals surface area contributed by atoms with Crippen LogP contribution in [0.5, 0.6) is 11.5 Å². The molecule has 3 unspecified atom stereocenters. The van der Waals surface area contributed by atoms with E-state index in [9.17, 15) is 81.8 Å². The van der Waals surface area contributed by atoms with Crippen LogP contribution in [0.1, 0.15) is 174 Å². The van der Waals surface area contributed by atoms with Gasteiger partial charge in [-0.1, -0.05) is 118 Å². The van der Waals surface area contributed by atoms with Gasteiger partial charge >= 0.3 is 5.97 Å². The lowest BCUT2D eigenvalue weighted by Crippen LogP contribution is -2.35. The van der Waals surface area contributed by atoms with Crippen LogP contribution in [0.2, 0.25) is 15.1 Å². The third-order valence-corrected chi connectivity index (χ3v) is 25.3. The number of carboxylic acid groups (broad SMARTS) is 1. The number of halogens is 3. The number of thioether (sulfide) groups is 1. The zero-order valence-electron chi connectivity index (χ0n) is 61.8. The number of nitrogens with one attached hydrogen (secondary N) is 5. The molecule has 8 rings (SSSR count). The second-order valence-corrected chi connectivity index (χ2v) is 36.9. The monoisotopic (exact) mass is 1750 g/mol. The Morgan fingerprint density at radius 3 is 1.79 bits per heavy atom. The standard InChI is InChI=1S/C56H68Cl3N5O17S5.C12H22N6O6S2/c1-29-24-55(3,4)26-37-33(29)22-35-42(36-23-34-30(2)25-56(5,6)27-38(34)52(86(76,77)78)49(36)81-48(35)51(37)85(73,74)75)43-44(53(69)70)45(57)47(59)50(46(43)58)82-28-32(66)11-9-7-8-10-12-39(67)61-15-17-79-19-20-80-18-16-62-40(68)14-13-31(65)21-41-63-64-54(83-41)84(60,71)72;13-3-5-23-7-8-24-6-4-14-9(19)1-2-10(20)15-11-16-17-12(25-11)18-26(21)22/h22-23,26,29-30H,7-21,24-25,27-28H2,1-6H3,(H,61,67)(H,62,68)(H,69,70)(H2,60,71,72)(H,73,74,75)(H,76,77,78);1-8,13H2,(H,14,19)(H,17,18)(H,21,22)(H,15,16,20)/p-3. The van der Waals surface area contributed by atoms with Gasteiger partial charge < -0.3 is 69.4 Å². The number of anilines is 2. The van der Waals surface area contributed by atoms with Gasteiger partial charge in [-0.3, -0.25) is 37.7 Å². The number of carbonyl (C=O) groups excluding carboxylic acids is 6. The van der Waals surface area contributed by atoms with Crippen LogP contribution in [0.4, 0.5) is 10.3 Å². The summed E-state index contributed by atoms with van der Waals surface area (Å²) < 4.78 is 155. The van der Waals surface area contributed by atoms with E-state index in [2.05, 4.69) is 41.7 Å². The first-order valence-electron chi connectivity index (χ1n) is 35.1. The number of rotatable bonds is 43. The van der Waals surface area contributed by atoms with Crippen LogP contribution >= 0.6 is 69.2 Å². The largest absolute Gasteiger partial charge is 0.755 e. The molecule has 3 aromatic carbocycles. The summed E-state index contributed by atoms with van der Waals surface area (Å²) >= 11 is 21.0. The van der Waals surface area contributed by atoms with Gasteiger partial charge in [-0.25, -0.2) is 35.2 Å². The summed E-state index contributed by atoms with van der Waals surface area (Å²) in [4.78, 5) is 85.4. The molecule has 2 aromatic heterocycles. The number of benzene rings is 3. The normalized spacial score (nSPS) is 15.7. The molecular weight excluding hydrogens is 1670 g/mol. The lowest BCUT2D eigenvalue weighted by Gasteiger charge is -2.39. The molecule has 618 valence electrons. The fourth-order valence-corrected chi connectivity index (χ4v) is 19.2. The van der Waals surface area contributed by atoms with Gasteiger partial charge in [0.05, 0.1) is 85.7 Å². The Morgan fingerprint density at radius 2 is 1.22 bits per heavy atom. The molecule has 4 amide bonds. The number of ether oxygens (including phenoxy) is 5. The average Bonchev–Trinajstić information content (AvgIpc) is 0.872. The van der Waals surface area contributed by atoms with Crippen molar-refractivity contribution in [1.82, 2.24) is 36.3 Å². The number of primary sulfonamides is 1. The minimum absolute atomic E-state index is 0.0000673. The number of aromatic carboxylic acids is 1. The van der Waals surface area contributed by atoms with Crippen molar-refractivity contribution >= 4 is 174 Å². The molecule has 1 aliphatic heterocycles. The minimum atomic E-state index is -5.51. The number of fused-ring (bicyclic) bond motifs is 4. The molecule has 112 heavy (non-hydrogen) atoms. The SMILES string of the molecule is CC1CC(C)(C)Cc2c1cc1c(c2S(=O)(=O)[O-])Oc2c(S(=O)(=O)[O-])c3c(cc2=C1c1c(Cl)c(SCC(=O)CCCCCCC(=O)NCCOCCOCCNC(=O)CCC(=O)Cc2nnc(S(N)(=O)=O)s2)c(Cl)c(Cl)c1C(=O)O)C(C)CC(C)(C)C=3.NCCOCCOCCNC(=O)CCC(=O)Nc1nnc(NS(=O)[O-])s1. The van der Waals surface area contributed by atoms with Crippen molar-refractivity contribution in [3.05, 3.63) is 76.0 Å². The molecule has 10 N–H and O–H groups in total. The second kappa shape index (κ2) is 42.0. The molecule has 3 atom stereocenters. The van der Waals surface area contributed by atoms with Gasteiger partial charge in [-0.2, -0.15) is 0 Å². The predicted molar refractivity (Wildman–Crippen MR) is 414 cm³/mol. The number of amides is 4. The van der Waals surface area contributed by atoms with Crippen molar-refractivity contribution in [2.45, 2.75) is 162 Å². The van der Waals surface area contributed by atoms with Gasteiger partial charge in [0.15, 0.2) is 11.5 Å². The van der Waals surface area contributed by atoms with Gasteiger partial charge in [-0.05, 0) is 88.8 Å². The van der Waals surface area contributed by atoms with Crippen molar-refractivity contribution in [1.29, 1.82) is 0 Å². The number of ketones is 2. The summed E-state index contributed by atoms with van der Waals surface area (Å²) in [5.41, 5.74) is 3.75. The van der Waals surface area contributed by atoms with Crippen LogP contribution in [0.15, 0.2) is 31.2 Å². The van der Waals surface area contributed by atoms with E-state index in [0.29, 0.717) is 101 Å². The molecule has 34 nitrogen and oxygen atoms in total. The molecule has 2 aliphatic carbocycles. The first-order chi connectivity index (χ1) is 52.6. The van der Waals surface area contributed by atoms with Crippen molar-refractivity contribution < 1.29 is 105 Å². The smallest absolute Gasteiger partial charge is 0.337 e. The Morgan fingerprint density at radius 1 is 0.670 bits per heavy atom. The number of carbonyl (C=O) groups is 7. The number of nitrogens with zero attached hydrogens (tertiary/aromatic N) is 4. The van der Waals surface area contributed by atoms with Gasteiger partial charge in [0, 0.05) is 103 Å². The number of Topliss-reactive ketones (excluding diaryl/α,β-unsaturated/α-hetero) is 2. The summed E-state index contributed by atoms with van der Waals surface area (Å²) in [5, 5.41) is 39.7. The molecule has 0 spiro atoms. The lowest BCUT2D eigenvalue weighted by molar-refractivity contribution is -0.125. The maximum atomic E-state index is 13.7. The molecule has 0 bridgehead atoms. The van der Waals surface area contributed by atoms with Gasteiger partial charge in [0.1, 0.15) is 46.6 Å². The summed E-state index contributed by atoms with van der Waals surface area (Å²) in [6.45, 7) is 15.0. The molecule has 3 heterocycles. The van der Waals surface area contributed by atoms with E-state index in [0.717, 1.165) is 23.1 Å². The van der Waals surface area contributed by atoms with Crippen LogP contribution in [-0.4, -0.2) is 195 Å². The van der Waals surface area contributed by atoms with Crippen LogP contribution in [0.25, 0.3) is 11.6 Å². The Labute approximate surface area is 677 Å². The highest BCUT2D eigenvalue weighted by Gasteiger charge is 2.42. The molecule has 0 radical (unpaired) electrons. The van der Waals surface area contributed by atoms with E-state index in [1.54, 1.807) is 18.2 Å². The van der Waals surface area contributed by atoms with E-state index < -0.39 is 100 Å². The van der Waals surface area contributed by atoms with E-state index in [1.165, 1.54) is 0 Å². The van der Waals surface area contributed by atoms with Gasteiger partial charge in [-0.15, -0.1) is 32.2 Å². The fraction of sp³-hybridized carbons (Fsp3) is 0.544. The fourth-order valence-electron chi connectivity index (χ4n) is 12.9. The van der Waals surface area contributed by atoms with Gasteiger partial charge in [0.25, 0.3) is 10.0 Å². The predicted octanol–water partition coefficient (Wildman–Crippen LogP) is 5.83. The molecule has 0 saturated carbocycles. The summed E-state index contributed by atoms with van der Waals surface area (Å²) in [7, 11) is -15.0. The third kappa shape index (κ3) is 27.1. The zero-order valence-corrected chi connectivity index (χ0v) is 69.8. The number of aromatic nitrogens is 4. The number of hydrogen-bond acceptors (Lipinski definition) is 30. The quantitative estimate of drug-likeness (QED) is 0.00734. The number of nitrogens with two attached hydrogens (primary N) is 2. The molecule has 3 aliphatic rings. The highest BCUT2D eigenvalue weighted by molar-refractivity contribution is 8.00. The maximum Gasteiger partial charge on any atom is 0.337 e. The number of unbranched alkanes of at least 4 members (excludes halogenated alkanes) is 3. The van der Waals surface area contributed by atoms with Crippen molar-refractivity contribution in [3.8, 4) is 11.5 Å². The average molecular weight is 1760 g/mol. The first-order valence-corrected chi connectivity index (χ1v) is 44.3. The highest BCUT2D eigenvalue weighted by atomic mass is 35.5. The lowest BCUT2D eigenvalue weighted by atomic mass is 9.69. The van der Waals surface area contributed by atoms with E-state index >= 15 is 0 Å². The molecule has 5 aromatic rings. The summed E-state index contributed by atoms with van der Waals surface area (Å²) in [5.74, 6) is -5.66. The molecule has 0 fully saturated rings. The Bertz CT molecular complexity index is 4840. The van der Waals surface area contributed by atoms with Crippen LogP contribution in [-0.2, 0) is 102 Å². The Hall–Kier alpha value is -6.33. The topological polar surface area (TPSA) is 538 Å². The number of carboxylic acids is 1. The van der Waals surface area contributed by atoms with Gasteiger partial charge in [0.2, 0.25) is 38.2 Å². The Kier molecular flexibility index (Phi) is 34.8. The maximum absolute atomic E-state index is 13.7. The number of hydrogen-bond donors (Lipinski definition) is 8. The van der Waals surface area contributed by atoms with E-state index in [1.807, 2.05) is 46.3 Å². The Balaban J connectivity index is 0.000000567. The zero-order chi connectivity index (χ0) is 82.6. The van der Waals surface area contributed by atoms with Crippen molar-refractivity contribution in [2.24, 2.45) is 21.7 Å². The van der Waals surface area contributed by atoms with Crippen LogP contribution in [0.3, 0.4) is 0 Å². The third-order valence-electron chi connectivity index (χ3n) is 17.4. The second-order valence-electron chi connectivity index (χ2n) is 27.7. The molecule has 0 saturated heterocycles. The highest BCUT2D eigenvalue weighted by Crippen LogP contribution is 2.54. The van der Waals surface area contributed by atoms with E-state index in [4.69, 9.17) is 69.4 Å². The molecule has 44 heteroatoms.